The average Bonchev–Trinajstić information content (AvgIpc) is 3.33. The predicted octanol–water partition coefficient (Wildman–Crippen LogP) is 14.4. The van der Waals surface area contributed by atoms with Crippen molar-refractivity contribution in [3.63, 3.8) is 0 Å². The van der Waals surface area contributed by atoms with Gasteiger partial charge in [-0.1, -0.05) is 176 Å². The van der Waals surface area contributed by atoms with Crippen molar-refractivity contribution in [1.82, 2.24) is 15.0 Å². The number of rotatable bonds is 6. The molecule has 0 unspecified atom stereocenters. The minimum atomic E-state index is 0.590. The first-order valence-electron chi connectivity index (χ1n) is 20.1. The van der Waals surface area contributed by atoms with Crippen molar-refractivity contribution in [2.45, 2.75) is 0 Å². The summed E-state index contributed by atoms with van der Waals surface area (Å²) in [5.74, 6) is 1.81. The molecule has 10 aromatic carbocycles. The number of fused-ring (bicyclic) bond motifs is 5. The minimum Gasteiger partial charge on any atom is -0.208 e. The third-order valence-corrected chi connectivity index (χ3v) is 11.6. The van der Waals surface area contributed by atoms with E-state index in [1.165, 1.54) is 43.4 Å². The summed E-state index contributed by atoms with van der Waals surface area (Å²) in [7, 11) is 0. The summed E-state index contributed by atoms with van der Waals surface area (Å²) in [4.78, 5) is 15.3. The summed E-state index contributed by atoms with van der Waals surface area (Å²) >= 11 is 0. The van der Waals surface area contributed by atoms with Crippen LogP contribution in [0.3, 0.4) is 0 Å². The molecule has 0 saturated heterocycles. The largest absolute Gasteiger partial charge is 0.208 e. The van der Waals surface area contributed by atoms with Gasteiger partial charge in [0.1, 0.15) is 0 Å². The molecule has 11 aromatic rings. The van der Waals surface area contributed by atoms with Crippen molar-refractivity contribution < 1.29 is 0 Å². The molecule has 0 N–H and O–H groups in total. The first-order chi connectivity index (χ1) is 29.7. The highest BCUT2D eigenvalue weighted by Crippen LogP contribution is 2.41. The Morgan fingerprint density at radius 2 is 0.867 bits per heavy atom. The molecule has 4 heteroatoms. The Kier molecular flexibility index (Phi) is 8.50. The zero-order chi connectivity index (χ0) is 40.0. The van der Waals surface area contributed by atoms with Crippen LogP contribution in [-0.4, -0.2) is 15.0 Å². The number of benzene rings is 10. The number of nitrogens with zero attached hydrogens (tertiary/aromatic N) is 4. The van der Waals surface area contributed by atoms with Crippen LogP contribution in [0.15, 0.2) is 206 Å². The van der Waals surface area contributed by atoms with E-state index in [4.69, 9.17) is 15.0 Å². The lowest BCUT2D eigenvalue weighted by Gasteiger charge is -2.15. The predicted molar refractivity (Wildman–Crippen MR) is 247 cm³/mol. The maximum Gasteiger partial charge on any atom is 0.164 e. The lowest BCUT2D eigenvalue weighted by Crippen LogP contribution is -2.01. The van der Waals surface area contributed by atoms with E-state index < -0.39 is 0 Å². The molecule has 0 spiro atoms. The number of hydrogen-bond acceptors (Lipinski definition) is 4. The Bertz CT molecular complexity index is 3480. The molecule has 1 heterocycles. The first kappa shape index (κ1) is 34.9. The summed E-state index contributed by atoms with van der Waals surface area (Å²) < 4.78 is 0. The fourth-order valence-electron chi connectivity index (χ4n) is 8.61. The van der Waals surface area contributed by atoms with E-state index in [1.54, 1.807) is 0 Å². The fourth-order valence-corrected chi connectivity index (χ4v) is 8.61. The van der Waals surface area contributed by atoms with Gasteiger partial charge in [0.2, 0.25) is 0 Å². The molecule has 0 amide bonds. The van der Waals surface area contributed by atoms with Crippen molar-refractivity contribution in [3.8, 4) is 73.6 Å². The topological polar surface area (TPSA) is 62.5 Å². The second kappa shape index (κ2) is 14.6. The van der Waals surface area contributed by atoms with Crippen molar-refractivity contribution in [2.75, 3.05) is 0 Å². The van der Waals surface area contributed by atoms with Gasteiger partial charge >= 0.3 is 0 Å². The van der Waals surface area contributed by atoms with E-state index in [9.17, 15) is 5.26 Å². The maximum atomic E-state index is 9.33. The normalized spacial score (nSPS) is 11.3. The highest BCUT2D eigenvalue weighted by molar-refractivity contribution is 6.20. The summed E-state index contributed by atoms with van der Waals surface area (Å²) in [6, 6.07) is 74.3. The molecular weight excluding hydrogens is 729 g/mol. The quantitative estimate of drug-likeness (QED) is 0.125. The summed E-state index contributed by atoms with van der Waals surface area (Å²) in [6.45, 7) is 0. The molecule has 0 saturated carbocycles. The minimum absolute atomic E-state index is 0.590. The van der Waals surface area contributed by atoms with E-state index in [0.717, 1.165) is 49.7 Å². The Morgan fingerprint density at radius 1 is 0.300 bits per heavy atom. The van der Waals surface area contributed by atoms with Crippen LogP contribution >= 0.6 is 0 Å². The zero-order valence-corrected chi connectivity index (χ0v) is 32.4. The third-order valence-electron chi connectivity index (χ3n) is 11.6. The molecule has 0 aliphatic rings. The van der Waals surface area contributed by atoms with Gasteiger partial charge in [0.25, 0.3) is 0 Å². The average molecular weight is 763 g/mol. The first-order valence-corrected chi connectivity index (χ1v) is 20.1. The van der Waals surface area contributed by atoms with Crippen molar-refractivity contribution in [1.29, 1.82) is 5.26 Å². The van der Waals surface area contributed by atoms with E-state index in [0.29, 0.717) is 23.0 Å². The number of hydrogen-bond donors (Lipinski definition) is 0. The Balaban J connectivity index is 1.02. The van der Waals surface area contributed by atoms with E-state index >= 15 is 0 Å². The number of nitriles is 1. The second-order valence-corrected chi connectivity index (χ2v) is 15.1. The fraction of sp³-hybridized carbons (Fsp3) is 0. The van der Waals surface area contributed by atoms with Crippen LogP contribution < -0.4 is 0 Å². The van der Waals surface area contributed by atoms with Gasteiger partial charge in [-0.3, -0.25) is 0 Å². The molecule has 0 aliphatic carbocycles. The summed E-state index contributed by atoms with van der Waals surface area (Å²) in [6.07, 6.45) is 0. The lowest BCUT2D eigenvalue weighted by molar-refractivity contribution is 1.08. The van der Waals surface area contributed by atoms with Gasteiger partial charge < -0.3 is 0 Å². The SMILES string of the molecule is N#Cc1ccc(-c2cccc(-c3nc(-c4ccccc4)nc(-c4ccc(-c5ccc(-c6c7ccccc7cc7c6ccc6ccccc67)cc5)c5ccccc45)n3)c2)cc1. The smallest absolute Gasteiger partial charge is 0.164 e. The zero-order valence-electron chi connectivity index (χ0n) is 32.4. The lowest BCUT2D eigenvalue weighted by atomic mass is 9.88. The Labute approximate surface area is 347 Å². The molecule has 0 atom stereocenters. The molecule has 278 valence electrons. The highest BCUT2D eigenvalue weighted by atomic mass is 15.0. The summed E-state index contributed by atoms with van der Waals surface area (Å²) in [5.41, 5.74) is 10.1. The summed E-state index contributed by atoms with van der Waals surface area (Å²) in [5, 5.41) is 19.0. The van der Waals surface area contributed by atoms with Gasteiger partial charge in [0, 0.05) is 16.7 Å². The van der Waals surface area contributed by atoms with Gasteiger partial charge in [-0.2, -0.15) is 5.26 Å². The van der Waals surface area contributed by atoms with Crippen LogP contribution in [-0.2, 0) is 0 Å². The maximum absolute atomic E-state index is 9.33. The molecule has 0 aliphatic heterocycles. The van der Waals surface area contributed by atoms with Gasteiger partial charge in [-0.05, 0) is 107 Å². The van der Waals surface area contributed by atoms with Gasteiger partial charge in [-0.25, -0.2) is 15.0 Å². The van der Waals surface area contributed by atoms with Gasteiger partial charge in [-0.15, -0.1) is 0 Å². The molecule has 0 fully saturated rings. The molecule has 0 radical (unpaired) electrons. The third kappa shape index (κ3) is 6.14. The molecular formula is C56H34N4. The van der Waals surface area contributed by atoms with Crippen molar-refractivity contribution in [2.24, 2.45) is 0 Å². The molecule has 4 nitrogen and oxygen atoms in total. The van der Waals surface area contributed by atoms with E-state index in [1.807, 2.05) is 66.7 Å². The molecule has 1 aromatic heterocycles. The van der Waals surface area contributed by atoms with Crippen molar-refractivity contribution >= 4 is 43.1 Å². The van der Waals surface area contributed by atoms with Crippen LogP contribution in [0.5, 0.6) is 0 Å². The van der Waals surface area contributed by atoms with E-state index in [2.05, 4.69) is 146 Å². The van der Waals surface area contributed by atoms with Gasteiger partial charge in [0.05, 0.1) is 11.6 Å². The second-order valence-electron chi connectivity index (χ2n) is 15.1. The molecule has 60 heavy (non-hydrogen) atoms. The monoisotopic (exact) mass is 762 g/mol. The van der Waals surface area contributed by atoms with Crippen LogP contribution in [0.4, 0.5) is 0 Å². The highest BCUT2D eigenvalue weighted by Gasteiger charge is 2.18. The number of aromatic nitrogens is 3. The van der Waals surface area contributed by atoms with E-state index in [-0.39, 0.29) is 0 Å². The van der Waals surface area contributed by atoms with Crippen LogP contribution in [0, 0.1) is 11.3 Å². The molecule has 11 rings (SSSR count). The van der Waals surface area contributed by atoms with Crippen LogP contribution in [0.25, 0.3) is 111 Å². The molecule has 0 bridgehead atoms. The Hall–Kier alpha value is -8.26. The Morgan fingerprint density at radius 3 is 1.63 bits per heavy atom. The van der Waals surface area contributed by atoms with Crippen LogP contribution in [0.2, 0.25) is 0 Å². The standard InChI is InChI=1S/C56H34N4/c57-35-36-21-23-37(24-22-36)42-15-10-16-44(33-42)55-58-54(41-12-2-1-3-13-41)59-56(60-55)51-32-31-46(48-19-8-9-20-49(48)51)39-25-27-40(28-26-39)53-47-18-7-5-14-43(47)34-52-45-17-6-4-11-38(45)29-30-50(52)53/h1-34H. The van der Waals surface area contributed by atoms with Crippen LogP contribution in [0.1, 0.15) is 5.56 Å². The van der Waals surface area contributed by atoms with Gasteiger partial charge in [0.15, 0.2) is 17.5 Å². The van der Waals surface area contributed by atoms with Crippen molar-refractivity contribution in [3.05, 3.63) is 212 Å².